The van der Waals surface area contributed by atoms with Gasteiger partial charge in [-0.15, -0.1) is 4.90 Å². The molecule has 1 aromatic rings. The van der Waals surface area contributed by atoms with Gasteiger partial charge in [0, 0.05) is 13.1 Å². The van der Waals surface area contributed by atoms with Crippen LogP contribution < -0.4 is 15.6 Å². The zero-order valence-electron chi connectivity index (χ0n) is 9.59. The maximum Gasteiger partial charge on any atom is 0.175 e. The van der Waals surface area contributed by atoms with E-state index in [9.17, 15) is 0 Å². The number of hydrogen-bond donors (Lipinski definition) is 2. The molecule has 4 heteroatoms. The molecule has 82 valence electrons. The average Bonchev–Trinajstić information content (AvgIpc) is 2.42. The predicted molar refractivity (Wildman–Crippen MR) is 64.2 cm³/mol. The van der Waals surface area contributed by atoms with Gasteiger partial charge in [-0.05, 0) is 11.5 Å². The third-order valence-electron chi connectivity index (χ3n) is 2.84. The highest BCUT2D eigenvalue weighted by molar-refractivity contribution is 7.59. The molecule has 2 N–H and O–H groups in total. The van der Waals surface area contributed by atoms with Gasteiger partial charge >= 0.3 is 0 Å². The lowest BCUT2D eigenvalue weighted by atomic mass is 10.0. The highest BCUT2D eigenvalue weighted by Gasteiger charge is 2.26. The van der Waals surface area contributed by atoms with Crippen LogP contribution in [0.4, 0.5) is 11.4 Å². The van der Waals surface area contributed by atoms with E-state index in [4.69, 9.17) is 12.6 Å². The fourth-order valence-electron chi connectivity index (χ4n) is 1.96. The van der Waals surface area contributed by atoms with Crippen molar-refractivity contribution < 1.29 is 5.01 Å². The molecule has 1 aliphatic rings. The number of benzene rings is 1. The summed E-state index contributed by atoms with van der Waals surface area (Å²) in [7, 11) is 4.08. The second-order valence-electron chi connectivity index (χ2n) is 4.37. The fourth-order valence-corrected chi connectivity index (χ4v) is 2.34. The molecule has 2 rings (SSSR count). The van der Waals surface area contributed by atoms with Crippen molar-refractivity contribution in [3.63, 3.8) is 0 Å². The number of anilines is 1. The molecule has 0 amide bonds. The van der Waals surface area contributed by atoms with Gasteiger partial charge in [0.15, 0.2) is 5.69 Å². The molecule has 1 atom stereocenters. The largest absolute Gasteiger partial charge is 0.777 e. The van der Waals surface area contributed by atoms with E-state index in [1.54, 1.807) is 0 Å². The van der Waals surface area contributed by atoms with E-state index in [0.29, 0.717) is 5.92 Å². The third-order valence-corrected chi connectivity index (χ3v) is 3.15. The molecule has 1 heterocycles. The first-order valence-corrected chi connectivity index (χ1v) is 5.60. The Kier molecular flexibility index (Phi) is 2.58. The van der Waals surface area contributed by atoms with Crippen LogP contribution >= 0.6 is 0 Å². The standard InChI is InChI=1S/C11H17N3S/c1-7(2)8-5-9-11(10(15)6-8)14(4)12-13(9)3/h5-7,12,15H,1-4H3. The Morgan fingerprint density at radius 2 is 2.07 bits per heavy atom. The van der Waals surface area contributed by atoms with Crippen molar-refractivity contribution in [3.05, 3.63) is 17.7 Å². The summed E-state index contributed by atoms with van der Waals surface area (Å²) >= 11 is 5.42. The SMILES string of the molecule is CC(C)c1cc([S-])c2c(c1)[NH+](C)NN2C. The van der Waals surface area contributed by atoms with Crippen molar-refractivity contribution in [1.82, 2.24) is 5.53 Å². The molecule has 1 aromatic carbocycles. The van der Waals surface area contributed by atoms with E-state index in [1.807, 2.05) is 12.1 Å². The Morgan fingerprint density at radius 1 is 1.40 bits per heavy atom. The van der Waals surface area contributed by atoms with E-state index in [2.05, 4.69) is 38.6 Å². The second-order valence-corrected chi connectivity index (χ2v) is 4.81. The van der Waals surface area contributed by atoms with Crippen molar-refractivity contribution in [2.45, 2.75) is 24.7 Å². The maximum atomic E-state index is 5.42. The Bertz CT molecular complexity index is 390. The smallest absolute Gasteiger partial charge is 0.175 e. The van der Waals surface area contributed by atoms with E-state index in [1.165, 1.54) is 16.3 Å². The molecule has 15 heavy (non-hydrogen) atoms. The van der Waals surface area contributed by atoms with Crippen molar-refractivity contribution in [2.75, 3.05) is 19.1 Å². The van der Waals surface area contributed by atoms with E-state index in [0.717, 1.165) is 10.6 Å². The minimum atomic E-state index is 0.524. The first-order valence-electron chi connectivity index (χ1n) is 5.20. The lowest BCUT2D eigenvalue weighted by Gasteiger charge is -2.18. The summed E-state index contributed by atoms with van der Waals surface area (Å²) in [4.78, 5) is 0.933. The van der Waals surface area contributed by atoms with E-state index < -0.39 is 0 Å². The van der Waals surface area contributed by atoms with Crippen LogP contribution in [0.3, 0.4) is 0 Å². The normalized spacial score (nSPS) is 19.8. The maximum absolute atomic E-state index is 5.42. The number of rotatable bonds is 1. The Morgan fingerprint density at radius 3 is 2.67 bits per heavy atom. The molecule has 0 spiro atoms. The Hall–Kier alpha value is -0.840. The fraction of sp³-hybridized carbons (Fsp3) is 0.455. The molecular formula is C11H17N3S. The van der Waals surface area contributed by atoms with Crippen LogP contribution in [0.15, 0.2) is 17.0 Å². The molecular weight excluding hydrogens is 206 g/mol. The number of fused-ring (bicyclic) bond motifs is 1. The summed E-state index contributed by atoms with van der Waals surface area (Å²) in [5, 5.41) is 3.18. The summed E-state index contributed by atoms with van der Waals surface area (Å²) < 4.78 is 0. The third kappa shape index (κ3) is 1.69. The van der Waals surface area contributed by atoms with Crippen LogP contribution in [0, 0.1) is 0 Å². The van der Waals surface area contributed by atoms with Crippen molar-refractivity contribution in [2.24, 2.45) is 0 Å². The van der Waals surface area contributed by atoms with Gasteiger partial charge in [0.2, 0.25) is 0 Å². The Labute approximate surface area is 96.4 Å². The molecule has 0 saturated heterocycles. The van der Waals surface area contributed by atoms with Gasteiger partial charge in [0.1, 0.15) is 5.69 Å². The van der Waals surface area contributed by atoms with Crippen LogP contribution in [0.1, 0.15) is 25.3 Å². The van der Waals surface area contributed by atoms with Crippen molar-refractivity contribution in [1.29, 1.82) is 0 Å². The van der Waals surface area contributed by atoms with Gasteiger partial charge in [-0.25, -0.2) is 5.01 Å². The minimum absolute atomic E-state index is 0.524. The van der Waals surface area contributed by atoms with Crippen molar-refractivity contribution in [3.8, 4) is 0 Å². The molecule has 0 saturated carbocycles. The lowest BCUT2D eigenvalue weighted by molar-refractivity contribution is -0.854. The predicted octanol–water partition coefficient (Wildman–Crippen LogP) is 0.731. The number of hydrogen-bond acceptors (Lipinski definition) is 3. The molecule has 0 bridgehead atoms. The zero-order valence-corrected chi connectivity index (χ0v) is 10.4. The number of nitrogens with zero attached hydrogens (tertiary/aromatic N) is 1. The highest BCUT2D eigenvalue weighted by atomic mass is 32.1. The zero-order chi connectivity index (χ0) is 11.2. The minimum Gasteiger partial charge on any atom is -0.777 e. The summed E-state index contributed by atoms with van der Waals surface area (Å²) in [6.07, 6.45) is 0. The van der Waals surface area contributed by atoms with Crippen molar-refractivity contribution >= 4 is 24.0 Å². The van der Waals surface area contributed by atoms with E-state index >= 15 is 0 Å². The number of quaternary nitrogens is 1. The summed E-state index contributed by atoms with van der Waals surface area (Å²) in [6.45, 7) is 4.38. The van der Waals surface area contributed by atoms with Gasteiger partial charge in [-0.3, -0.25) is 5.01 Å². The summed E-state index contributed by atoms with van der Waals surface area (Å²) in [5.41, 5.74) is 6.96. The first-order chi connectivity index (χ1) is 7.00. The summed E-state index contributed by atoms with van der Waals surface area (Å²) in [6, 6.07) is 4.34. The quantitative estimate of drug-likeness (QED) is 0.685. The molecule has 0 aliphatic carbocycles. The van der Waals surface area contributed by atoms with Gasteiger partial charge in [0.25, 0.3) is 0 Å². The lowest BCUT2D eigenvalue weighted by Crippen LogP contribution is -3.10. The van der Waals surface area contributed by atoms with E-state index in [-0.39, 0.29) is 0 Å². The summed E-state index contributed by atoms with van der Waals surface area (Å²) in [5.74, 6) is 0.524. The van der Waals surface area contributed by atoms with Gasteiger partial charge < -0.3 is 12.6 Å². The highest BCUT2D eigenvalue weighted by Crippen LogP contribution is 2.32. The van der Waals surface area contributed by atoms with Crippen LogP contribution in [-0.2, 0) is 12.6 Å². The molecule has 3 nitrogen and oxygen atoms in total. The molecule has 1 unspecified atom stereocenters. The first kappa shape index (κ1) is 10.7. The molecule has 1 aliphatic heterocycles. The molecule has 0 fully saturated rings. The molecule has 0 radical (unpaired) electrons. The second kappa shape index (κ2) is 3.63. The number of nitrogens with one attached hydrogen (secondary N) is 2. The molecule has 0 aromatic heterocycles. The van der Waals surface area contributed by atoms with Gasteiger partial charge in [-0.2, -0.15) is 0 Å². The van der Waals surface area contributed by atoms with Gasteiger partial charge in [-0.1, -0.05) is 25.4 Å². The van der Waals surface area contributed by atoms with Crippen LogP contribution in [0.5, 0.6) is 0 Å². The average molecular weight is 223 g/mol. The van der Waals surface area contributed by atoms with Crippen LogP contribution in [0.2, 0.25) is 0 Å². The monoisotopic (exact) mass is 223 g/mol. The van der Waals surface area contributed by atoms with Crippen LogP contribution in [0.25, 0.3) is 0 Å². The Balaban J connectivity index is 2.56. The topological polar surface area (TPSA) is 19.7 Å². The van der Waals surface area contributed by atoms with Gasteiger partial charge in [0.05, 0.1) is 7.05 Å². The van der Waals surface area contributed by atoms with Crippen LogP contribution in [-0.4, -0.2) is 14.1 Å². The number of hydrazine groups is 1.